The molecule has 0 fully saturated rings. The number of aryl methyl sites for hydroxylation is 1. The third kappa shape index (κ3) is 3.72. The molecule has 21 heavy (non-hydrogen) atoms. The van der Waals surface area contributed by atoms with Gasteiger partial charge in [0.15, 0.2) is 5.84 Å². The summed E-state index contributed by atoms with van der Waals surface area (Å²) in [5.41, 5.74) is 8.61. The minimum absolute atomic E-state index is 0.0663. The Balaban J connectivity index is 2.13. The number of nitrogens with zero attached hydrogens (tertiary/aromatic N) is 1. The lowest BCUT2D eigenvalue weighted by molar-refractivity contribution is 0.318. The van der Waals surface area contributed by atoms with Crippen LogP contribution in [0.25, 0.3) is 0 Å². The number of amidine groups is 1. The molecule has 0 aliphatic heterocycles. The lowest BCUT2D eigenvalue weighted by Gasteiger charge is -2.11. The largest absolute Gasteiger partial charge is 0.409 e. The van der Waals surface area contributed by atoms with Crippen molar-refractivity contribution in [3.8, 4) is 0 Å². The Labute approximate surface area is 130 Å². The Morgan fingerprint density at radius 1 is 1.33 bits per heavy atom. The minimum atomic E-state index is -0.310. The predicted octanol–water partition coefficient (Wildman–Crippen LogP) is 3.60. The first-order chi connectivity index (χ1) is 10.0. The maximum Gasteiger partial charge on any atom is 0.170 e. The third-order valence-corrected chi connectivity index (χ3v) is 3.64. The summed E-state index contributed by atoms with van der Waals surface area (Å²) in [5, 5.41) is 14.7. The van der Waals surface area contributed by atoms with Gasteiger partial charge in [-0.1, -0.05) is 33.2 Å². The van der Waals surface area contributed by atoms with Gasteiger partial charge in [0.2, 0.25) is 0 Å². The van der Waals surface area contributed by atoms with Gasteiger partial charge in [0.1, 0.15) is 5.82 Å². The van der Waals surface area contributed by atoms with Crippen molar-refractivity contribution in [3.05, 3.63) is 63.4 Å². The molecule has 0 amide bonds. The highest BCUT2D eigenvalue weighted by Crippen LogP contribution is 2.20. The number of benzene rings is 2. The second-order valence-electron chi connectivity index (χ2n) is 4.60. The highest BCUT2D eigenvalue weighted by molar-refractivity contribution is 9.10. The number of hydrogen-bond donors (Lipinski definition) is 3. The van der Waals surface area contributed by atoms with Gasteiger partial charge in [0.05, 0.1) is 5.69 Å². The molecule has 110 valence electrons. The van der Waals surface area contributed by atoms with Crippen LogP contribution in [0.3, 0.4) is 0 Å². The maximum atomic E-state index is 13.7. The molecule has 0 saturated carbocycles. The fourth-order valence-electron chi connectivity index (χ4n) is 1.93. The van der Waals surface area contributed by atoms with Gasteiger partial charge in [-0.15, -0.1) is 0 Å². The Hall–Kier alpha value is -2.08. The Morgan fingerprint density at radius 2 is 2.10 bits per heavy atom. The summed E-state index contributed by atoms with van der Waals surface area (Å²) in [5.74, 6) is -0.244. The van der Waals surface area contributed by atoms with Gasteiger partial charge in [-0.3, -0.25) is 0 Å². The van der Waals surface area contributed by atoms with Gasteiger partial charge in [0, 0.05) is 16.6 Å². The maximum absolute atomic E-state index is 13.7. The van der Waals surface area contributed by atoms with E-state index in [1.54, 1.807) is 18.2 Å². The van der Waals surface area contributed by atoms with E-state index in [1.165, 1.54) is 6.07 Å². The van der Waals surface area contributed by atoms with Crippen molar-refractivity contribution in [2.75, 3.05) is 5.32 Å². The number of nitrogens with two attached hydrogens (primary N) is 1. The average molecular weight is 352 g/mol. The molecule has 0 aliphatic carbocycles. The van der Waals surface area contributed by atoms with Crippen molar-refractivity contribution >= 4 is 27.5 Å². The third-order valence-electron chi connectivity index (χ3n) is 3.15. The normalized spacial score (nSPS) is 11.5. The van der Waals surface area contributed by atoms with E-state index in [1.807, 2.05) is 19.1 Å². The fraction of sp³-hybridized carbons (Fsp3) is 0.133. The molecule has 0 atom stereocenters. The molecule has 0 aromatic heterocycles. The van der Waals surface area contributed by atoms with Crippen LogP contribution in [0.5, 0.6) is 0 Å². The highest BCUT2D eigenvalue weighted by Gasteiger charge is 2.06. The molecule has 0 bridgehead atoms. The summed E-state index contributed by atoms with van der Waals surface area (Å²) < 4.78 is 14.4. The smallest absolute Gasteiger partial charge is 0.170 e. The quantitative estimate of drug-likeness (QED) is 0.341. The molecule has 0 saturated heterocycles. The zero-order chi connectivity index (χ0) is 15.4. The lowest BCUT2D eigenvalue weighted by atomic mass is 10.0. The Bertz CT molecular complexity index is 689. The van der Waals surface area contributed by atoms with Gasteiger partial charge < -0.3 is 16.3 Å². The molecular formula is C15H15BrFN3O. The topological polar surface area (TPSA) is 70.6 Å². The van der Waals surface area contributed by atoms with Crippen LogP contribution in [0.2, 0.25) is 0 Å². The molecule has 0 heterocycles. The lowest BCUT2D eigenvalue weighted by Crippen LogP contribution is -2.13. The second-order valence-corrected chi connectivity index (χ2v) is 5.52. The number of hydrogen-bond acceptors (Lipinski definition) is 3. The van der Waals surface area contributed by atoms with Crippen LogP contribution in [0, 0.1) is 12.7 Å². The SMILES string of the molecule is Cc1cc(/C(N)=N/O)ccc1CNc1ccc(Br)cc1F. The van der Waals surface area contributed by atoms with E-state index in [-0.39, 0.29) is 11.7 Å². The summed E-state index contributed by atoms with van der Waals surface area (Å²) >= 11 is 3.22. The Morgan fingerprint density at radius 3 is 2.71 bits per heavy atom. The van der Waals surface area contributed by atoms with Crippen LogP contribution in [-0.4, -0.2) is 11.0 Å². The average Bonchev–Trinajstić information content (AvgIpc) is 2.46. The molecule has 0 unspecified atom stereocenters. The first kappa shape index (κ1) is 15.3. The van der Waals surface area contributed by atoms with Crippen LogP contribution >= 0.6 is 15.9 Å². The van der Waals surface area contributed by atoms with E-state index >= 15 is 0 Å². The molecule has 0 radical (unpaired) electrons. The summed E-state index contributed by atoms with van der Waals surface area (Å²) in [6, 6.07) is 10.3. The number of nitrogens with one attached hydrogen (secondary N) is 1. The van der Waals surface area contributed by atoms with Gasteiger partial charge in [-0.25, -0.2) is 4.39 Å². The fourth-order valence-corrected chi connectivity index (χ4v) is 2.27. The van der Waals surface area contributed by atoms with E-state index in [9.17, 15) is 4.39 Å². The molecule has 4 nitrogen and oxygen atoms in total. The van der Waals surface area contributed by atoms with Gasteiger partial charge in [-0.05, 0) is 42.3 Å². The zero-order valence-corrected chi connectivity index (χ0v) is 13.0. The number of rotatable bonds is 4. The first-order valence-corrected chi connectivity index (χ1v) is 7.07. The van der Waals surface area contributed by atoms with Gasteiger partial charge in [0.25, 0.3) is 0 Å². The molecular weight excluding hydrogens is 337 g/mol. The molecule has 0 aliphatic rings. The Kier molecular flexibility index (Phi) is 4.80. The van der Waals surface area contributed by atoms with Crippen LogP contribution < -0.4 is 11.1 Å². The van der Waals surface area contributed by atoms with Gasteiger partial charge >= 0.3 is 0 Å². The molecule has 4 N–H and O–H groups in total. The van der Waals surface area contributed by atoms with Crippen molar-refractivity contribution in [3.63, 3.8) is 0 Å². The standard InChI is InChI=1S/C15H15BrFN3O/c1-9-6-10(15(18)20-21)2-3-11(9)8-19-14-5-4-12(16)7-13(14)17/h2-7,19,21H,8H2,1H3,(H2,18,20). The summed E-state index contributed by atoms with van der Waals surface area (Å²) in [4.78, 5) is 0. The van der Waals surface area contributed by atoms with E-state index < -0.39 is 0 Å². The van der Waals surface area contributed by atoms with Crippen LogP contribution in [-0.2, 0) is 6.54 Å². The second kappa shape index (κ2) is 6.58. The predicted molar refractivity (Wildman–Crippen MR) is 85.1 cm³/mol. The molecule has 0 spiro atoms. The summed E-state index contributed by atoms with van der Waals surface area (Å²) in [7, 11) is 0. The summed E-state index contributed by atoms with van der Waals surface area (Å²) in [6.45, 7) is 2.41. The number of anilines is 1. The highest BCUT2D eigenvalue weighted by atomic mass is 79.9. The molecule has 2 aromatic carbocycles. The van der Waals surface area contributed by atoms with E-state index in [0.29, 0.717) is 22.3 Å². The van der Waals surface area contributed by atoms with Crippen molar-refractivity contribution in [2.24, 2.45) is 10.9 Å². The monoisotopic (exact) mass is 351 g/mol. The molecule has 2 rings (SSSR count). The summed E-state index contributed by atoms with van der Waals surface area (Å²) in [6.07, 6.45) is 0. The van der Waals surface area contributed by atoms with E-state index in [0.717, 1.165) is 11.1 Å². The van der Waals surface area contributed by atoms with Crippen molar-refractivity contribution < 1.29 is 9.60 Å². The van der Waals surface area contributed by atoms with Crippen LogP contribution in [0.4, 0.5) is 10.1 Å². The van der Waals surface area contributed by atoms with Crippen LogP contribution in [0.1, 0.15) is 16.7 Å². The van der Waals surface area contributed by atoms with Crippen LogP contribution in [0.15, 0.2) is 46.0 Å². The van der Waals surface area contributed by atoms with Crippen molar-refractivity contribution in [1.29, 1.82) is 0 Å². The number of halogens is 2. The first-order valence-electron chi connectivity index (χ1n) is 6.27. The molecule has 6 heteroatoms. The zero-order valence-electron chi connectivity index (χ0n) is 11.4. The number of oxime groups is 1. The van der Waals surface area contributed by atoms with E-state index in [4.69, 9.17) is 10.9 Å². The van der Waals surface area contributed by atoms with Gasteiger partial charge in [-0.2, -0.15) is 0 Å². The van der Waals surface area contributed by atoms with Crippen molar-refractivity contribution in [1.82, 2.24) is 0 Å². The minimum Gasteiger partial charge on any atom is -0.409 e. The molecule has 2 aromatic rings. The van der Waals surface area contributed by atoms with Crippen molar-refractivity contribution in [2.45, 2.75) is 13.5 Å². The van der Waals surface area contributed by atoms with E-state index in [2.05, 4.69) is 26.4 Å².